The Morgan fingerprint density at radius 1 is 1.89 bits per heavy atom. The Labute approximate surface area is 54.7 Å². The van der Waals surface area contributed by atoms with E-state index in [0.29, 0.717) is 12.5 Å². The second-order valence-electron chi connectivity index (χ2n) is 2.44. The van der Waals surface area contributed by atoms with Crippen molar-refractivity contribution in [2.24, 2.45) is 17.6 Å². The van der Waals surface area contributed by atoms with Crippen LogP contribution in [-0.2, 0) is 4.79 Å². The molecule has 0 heterocycles. The zero-order valence-corrected chi connectivity index (χ0v) is 5.34. The Morgan fingerprint density at radius 3 is 2.89 bits per heavy atom. The highest BCUT2D eigenvalue weighted by Crippen LogP contribution is 2.38. The third-order valence-electron chi connectivity index (χ3n) is 1.79. The molecule has 1 fully saturated rings. The van der Waals surface area contributed by atoms with Gasteiger partial charge in [-0.25, -0.2) is 0 Å². The molecule has 0 spiro atoms. The topological polar surface area (TPSA) is 43.1 Å². The van der Waals surface area contributed by atoms with Crippen LogP contribution in [0.5, 0.6) is 0 Å². The monoisotopic (exact) mass is 125 g/mol. The summed E-state index contributed by atoms with van der Waals surface area (Å²) in [5.41, 5.74) is 5.33. The summed E-state index contributed by atoms with van der Waals surface area (Å²) in [6.45, 7) is 4.04. The Morgan fingerprint density at radius 2 is 2.56 bits per heavy atom. The highest BCUT2D eigenvalue weighted by atomic mass is 16.1. The van der Waals surface area contributed by atoms with Gasteiger partial charge >= 0.3 is 0 Å². The van der Waals surface area contributed by atoms with E-state index >= 15 is 0 Å². The third-order valence-corrected chi connectivity index (χ3v) is 1.79. The summed E-state index contributed by atoms with van der Waals surface area (Å²) in [4.78, 5) is 10.8. The second-order valence-corrected chi connectivity index (χ2v) is 2.44. The SMILES string of the molecule is C=CC(=O)[C@H]1C[C@H]1CN. The van der Waals surface area contributed by atoms with Crippen LogP contribution in [0.1, 0.15) is 6.42 Å². The average molecular weight is 125 g/mol. The molecule has 1 aliphatic rings. The molecule has 0 unspecified atom stereocenters. The molecule has 1 saturated carbocycles. The molecule has 0 aromatic carbocycles. The van der Waals surface area contributed by atoms with Crippen LogP contribution in [0.4, 0.5) is 0 Å². The first-order valence-electron chi connectivity index (χ1n) is 3.16. The van der Waals surface area contributed by atoms with E-state index in [4.69, 9.17) is 5.73 Å². The molecule has 2 nitrogen and oxygen atoms in total. The Kier molecular flexibility index (Phi) is 1.67. The van der Waals surface area contributed by atoms with E-state index in [-0.39, 0.29) is 11.7 Å². The number of hydrogen-bond donors (Lipinski definition) is 1. The molecule has 0 aromatic rings. The van der Waals surface area contributed by atoms with Crippen molar-refractivity contribution in [2.75, 3.05) is 6.54 Å². The third kappa shape index (κ3) is 1.19. The zero-order chi connectivity index (χ0) is 6.85. The minimum absolute atomic E-state index is 0.158. The van der Waals surface area contributed by atoms with Crippen LogP contribution in [0, 0.1) is 11.8 Å². The maximum Gasteiger partial charge on any atom is 0.158 e. The molecular formula is C7H11NO. The number of ketones is 1. The van der Waals surface area contributed by atoms with Gasteiger partial charge in [0.25, 0.3) is 0 Å². The molecule has 1 aliphatic carbocycles. The fourth-order valence-corrected chi connectivity index (χ4v) is 1.01. The smallest absolute Gasteiger partial charge is 0.158 e. The number of nitrogens with two attached hydrogens (primary N) is 1. The number of carbonyl (C=O) groups excluding carboxylic acids is 1. The summed E-state index contributed by atoms with van der Waals surface area (Å²) >= 11 is 0. The number of carbonyl (C=O) groups is 1. The van der Waals surface area contributed by atoms with Crippen LogP contribution in [0.15, 0.2) is 12.7 Å². The van der Waals surface area contributed by atoms with Crippen molar-refractivity contribution >= 4 is 5.78 Å². The van der Waals surface area contributed by atoms with Crippen molar-refractivity contribution in [2.45, 2.75) is 6.42 Å². The lowest BCUT2D eigenvalue weighted by Crippen LogP contribution is -2.06. The Balaban J connectivity index is 2.33. The number of rotatable bonds is 3. The first-order chi connectivity index (χ1) is 4.29. The van der Waals surface area contributed by atoms with Crippen molar-refractivity contribution in [3.05, 3.63) is 12.7 Å². The lowest BCUT2D eigenvalue weighted by atomic mass is 10.2. The van der Waals surface area contributed by atoms with Crippen molar-refractivity contribution in [3.63, 3.8) is 0 Å². The zero-order valence-electron chi connectivity index (χ0n) is 5.34. The second kappa shape index (κ2) is 2.31. The van der Waals surface area contributed by atoms with Crippen molar-refractivity contribution in [3.8, 4) is 0 Å². The van der Waals surface area contributed by atoms with Crippen LogP contribution >= 0.6 is 0 Å². The summed E-state index contributed by atoms with van der Waals surface area (Å²) in [6.07, 6.45) is 2.36. The molecule has 0 radical (unpaired) electrons. The first kappa shape index (κ1) is 6.49. The van der Waals surface area contributed by atoms with Gasteiger partial charge in [-0.15, -0.1) is 0 Å². The first-order valence-corrected chi connectivity index (χ1v) is 3.16. The van der Waals surface area contributed by atoms with Gasteiger partial charge in [0, 0.05) is 5.92 Å². The van der Waals surface area contributed by atoms with E-state index in [1.54, 1.807) is 0 Å². The summed E-state index contributed by atoms with van der Waals surface area (Å²) in [5.74, 6) is 0.827. The summed E-state index contributed by atoms with van der Waals surface area (Å²) in [6, 6.07) is 0. The highest BCUT2D eigenvalue weighted by Gasteiger charge is 2.39. The molecule has 2 N–H and O–H groups in total. The van der Waals surface area contributed by atoms with Crippen LogP contribution < -0.4 is 5.73 Å². The number of allylic oxidation sites excluding steroid dienone is 1. The molecule has 0 amide bonds. The van der Waals surface area contributed by atoms with E-state index in [9.17, 15) is 4.79 Å². The van der Waals surface area contributed by atoms with E-state index in [1.165, 1.54) is 6.08 Å². The minimum Gasteiger partial charge on any atom is -0.330 e. The van der Waals surface area contributed by atoms with Gasteiger partial charge in [0.15, 0.2) is 5.78 Å². The van der Waals surface area contributed by atoms with Gasteiger partial charge in [-0.05, 0) is 25.0 Å². The molecule has 9 heavy (non-hydrogen) atoms. The fraction of sp³-hybridized carbons (Fsp3) is 0.571. The maximum absolute atomic E-state index is 10.8. The predicted molar refractivity (Wildman–Crippen MR) is 35.9 cm³/mol. The van der Waals surface area contributed by atoms with Crippen molar-refractivity contribution in [1.29, 1.82) is 0 Å². The standard InChI is InChI=1S/C7H11NO/c1-2-7(9)6-3-5(6)4-8/h2,5-6H,1,3-4,8H2/t5-,6-/m0/s1. The minimum atomic E-state index is 0.158. The van der Waals surface area contributed by atoms with Crippen LogP contribution in [-0.4, -0.2) is 12.3 Å². The van der Waals surface area contributed by atoms with Crippen LogP contribution in [0.25, 0.3) is 0 Å². The maximum atomic E-state index is 10.8. The average Bonchev–Trinajstić information content (AvgIpc) is 2.64. The summed E-state index contributed by atoms with van der Waals surface area (Å²) in [5, 5.41) is 0. The molecule has 2 atom stereocenters. The molecular weight excluding hydrogens is 114 g/mol. The quantitative estimate of drug-likeness (QED) is 0.552. The summed E-state index contributed by atoms with van der Waals surface area (Å²) < 4.78 is 0. The molecule has 1 rings (SSSR count). The van der Waals surface area contributed by atoms with Gasteiger partial charge in [-0.3, -0.25) is 4.79 Å². The van der Waals surface area contributed by atoms with Gasteiger partial charge in [0.1, 0.15) is 0 Å². The van der Waals surface area contributed by atoms with E-state index < -0.39 is 0 Å². The molecule has 2 heteroatoms. The van der Waals surface area contributed by atoms with Gasteiger partial charge in [-0.1, -0.05) is 6.58 Å². The van der Waals surface area contributed by atoms with Crippen molar-refractivity contribution in [1.82, 2.24) is 0 Å². The normalized spacial score (nSPS) is 31.7. The van der Waals surface area contributed by atoms with Gasteiger partial charge in [-0.2, -0.15) is 0 Å². The van der Waals surface area contributed by atoms with Gasteiger partial charge in [0.05, 0.1) is 0 Å². The fourth-order valence-electron chi connectivity index (χ4n) is 1.01. The summed E-state index contributed by atoms with van der Waals surface area (Å²) in [7, 11) is 0. The largest absolute Gasteiger partial charge is 0.330 e. The molecule has 0 bridgehead atoms. The van der Waals surface area contributed by atoms with Crippen LogP contribution in [0.3, 0.4) is 0 Å². The predicted octanol–water partition coefficient (Wildman–Crippen LogP) is 0.336. The molecule has 0 saturated heterocycles. The Bertz CT molecular complexity index is 142. The van der Waals surface area contributed by atoms with E-state index in [2.05, 4.69) is 6.58 Å². The Hall–Kier alpha value is -0.630. The molecule has 50 valence electrons. The van der Waals surface area contributed by atoms with Crippen LogP contribution in [0.2, 0.25) is 0 Å². The van der Waals surface area contributed by atoms with E-state index in [0.717, 1.165) is 6.42 Å². The molecule has 0 aromatic heterocycles. The number of hydrogen-bond acceptors (Lipinski definition) is 2. The van der Waals surface area contributed by atoms with Gasteiger partial charge in [0.2, 0.25) is 0 Å². The lowest BCUT2D eigenvalue weighted by Gasteiger charge is -1.87. The lowest BCUT2D eigenvalue weighted by molar-refractivity contribution is -0.115. The molecule has 0 aliphatic heterocycles. The van der Waals surface area contributed by atoms with Gasteiger partial charge < -0.3 is 5.73 Å². The van der Waals surface area contributed by atoms with Crippen molar-refractivity contribution < 1.29 is 4.79 Å². The van der Waals surface area contributed by atoms with E-state index in [1.807, 2.05) is 0 Å². The highest BCUT2D eigenvalue weighted by molar-refractivity contribution is 5.93.